The molecule has 2 aromatic rings. The van der Waals surface area contributed by atoms with Crippen molar-refractivity contribution in [1.82, 2.24) is 5.32 Å². The molecule has 0 spiro atoms. The number of amides is 4. The van der Waals surface area contributed by atoms with Crippen LogP contribution in [-0.2, 0) is 14.4 Å². The van der Waals surface area contributed by atoms with Gasteiger partial charge in [-0.15, -0.1) is 0 Å². The first-order chi connectivity index (χ1) is 13.4. The zero-order valence-electron chi connectivity index (χ0n) is 14.2. The molecule has 0 saturated carbocycles. The van der Waals surface area contributed by atoms with E-state index in [-0.39, 0.29) is 16.3 Å². The number of anilines is 1. The topological polar surface area (TPSA) is 113 Å². The highest BCUT2D eigenvalue weighted by atomic mass is 35.5. The van der Waals surface area contributed by atoms with E-state index >= 15 is 0 Å². The molecule has 142 valence electrons. The summed E-state index contributed by atoms with van der Waals surface area (Å²) in [7, 11) is 0. The Kier molecular flexibility index (Phi) is 5.42. The van der Waals surface area contributed by atoms with Gasteiger partial charge in [0.15, 0.2) is 6.61 Å². The number of carboxylic acid groups (broad SMARTS) is 1. The van der Waals surface area contributed by atoms with Gasteiger partial charge in [0, 0.05) is 0 Å². The Morgan fingerprint density at radius 2 is 1.79 bits per heavy atom. The fraction of sp³-hybridized carbons (Fsp3) is 0.0526. The average molecular weight is 401 g/mol. The standard InChI is InChI=1S/C19H13ClN2O6/c20-14-3-1-2-4-15(14)22-18(26)13(17(25)21-19(22)27)9-11-5-7-12(8-6-11)28-10-16(23)24/h1-9H,10H2,(H,23,24)(H,21,25,27)/b13-9+. The summed E-state index contributed by atoms with van der Waals surface area (Å²) in [5.74, 6) is -2.44. The Hall–Kier alpha value is -3.65. The van der Waals surface area contributed by atoms with Crippen LogP contribution in [0.3, 0.4) is 0 Å². The van der Waals surface area contributed by atoms with E-state index in [0.29, 0.717) is 11.3 Å². The summed E-state index contributed by atoms with van der Waals surface area (Å²) in [6.07, 6.45) is 1.31. The SMILES string of the molecule is O=C(O)COc1ccc(/C=C2\C(=O)NC(=O)N(c3ccccc3Cl)C2=O)cc1. The minimum atomic E-state index is -1.11. The molecule has 1 aliphatic rings. The zero-order valence-corrected chi connectivity index (χ0v) is 15.0. The molecule has 1 aliphatic heterocycles. The number of imide groups is 2. The third-order valence-corrected chi connectivity index (χ3v) is 4.07. The number of hydrogen-bond acceptors (Lipinski definition) is 5. The minimum absolute atomic E-state index is 0.155. The van der Waals surface area contributed by atoms with Crippen LogP contribution in [0.15, 0.2) is 54.1 Å². The molecule has 0 bridgehead atoms. The molecule has 0 aliphatic carbocycles. The van der Waals surface area contributed by atoms with E-state index in [1.807, 2.05) is 0 Å². The number of barbiturate groups is 1. The Morgan fingerprint density at radius 1 is 1.11 bits per heavy atom. The maximum absolute atomic E-state index is 12.8. The summed E-state index contributed by atoms with van der Waals surface area (Å²) in [4.78, 5) is 48.4. The Labute approximate surface area is 164 Å². The molecular weight excluding hydrogens is 388 g/mol. The molecule has 1 saturated heterocycles. The number of ether oxygens (including phenoxy) is 1. The van der Waals surface area contributed by atoms with Gasteiger partial charge in [-0.2, -0.15) is 0 Å². The summed E-state index contributed by atoms with van der Waals surface area (Å²) in [6.45, 7) is -0.490. The maximum atomic E-state index is 12.8. The number of hydrogen-bond donors (Lipinski definition) is 2. The summed E-state index contributed by atoms with van der Waals surface area (Å²) >= 11 is 6.07. The van der Waals surface area contributed by atoms with Gasteiger partial charge >= 0.3 is 12.0 Å². The van der Waals surface area contributed by atoms with Crippen LogP contribution in [0.4, 0.5) is 10.5 Å². The van der Waals surface area contributed by atoms with Gasteiger partial charge in [0.05, 0.1) is 10.7 Å². The van der Waals surface area contributed by atoms with E-state index in [1.54, 1.807) is 24.3 Å². The highest BCUT2D eigenvalue weighted by molar-refractivity contribution is 6.42. The van der Waals surface area contributed by atoms with Gasteiger partial charge in [-0.05, 0) is 35.9 Å². The summed E-state index contributed by atoms with van der Waals surface area (Å²) in [5, 5.41) is 10.9. The highest BCUT2D eigenvalue weighted by Gasteiger charge is 2.37. The number of halogens is 1. The highest BCUT2D eigenvalue weighted by Crippen LogP contribution is 2.28. The third kappa shape index (κ3) is 4.02. The minimum Gasteiger partial charge on any atom is -0.482 e. The van der Waals surface area contributed by atoms with Crippen LogP contribution >= 0.6 is 11.6 Å². The summed E-state index contributed by atoms with van der Waals surface area (Å²) in [5.41, 5.74) is 0.385. The zero-order chi connectivity index (χ0) is 20.3. The van der Waals surface area contributed by atoms with Gasteiger partial charge < -0.3 is 9.84 Å². The molecule has 4 amide bonds. The number of carbonyl (C=O) groups excluding carboxylic acids is 3. The number of nitrogens with one attached hydrogen (secondary N) is 1. The van der Waals surface area contributed by atoms with E-state index in [1.165, 1.54) is 30.3 Å². The van der Waals surface area contributed by atoms with Crippen LogP contribution in [0.2, 0.25) is 5.02 Å². The monoisotopic (exact) mass is 400 g/mol. The smallest absolute Gasteiger partial charge is 0.341 e. The van der Waals surface area contributed by atoms with E-state index in [4.69, 9.17) is 21.4 Å². The molecule has 9 heteroatoms. The molecule has 1 heterocycles. The Bertz CT molecular complexity index is 1000. The Morgan fingerprint density at radius 3 is 2.43 bits per heavy atom. The van der Waals surface area contributed by atoms with Crippen molar-refractivity contribution in [2.75, 3.05) is 11.5 Å². The maximum Gasteiger partial charge on any atom is 0.341 e. The lowest BCUT2D eigenvalue weighted by molar-refractivity contribution is -0.139. The molecule has 0 radical (unpaired) electrons. The van der Waals surface area contributed by atoms with E-state index in [2.05, 4.69) is 5.32 Å². The largest absolute Gasteiger partial charge is 0.482 e. The van der Waals surface area contributed by atoms with E-state index in [0.717, 1.165) is 4.90 Å². The number of aliphatic carboxylic acids is 1. The van der Waals surface area contributed by atoms with Gasteiger partial charge in [-0.3, -0.25) is 14.9 Å². The number of para-hydroxylation sites is 1. The number of carboxylic acids is 1. The molecule has 2 N–H and O–H groups in total. The van der Waals surface area contributed by atoms with E-state index < -0.39 is 30.4 Å². The average Bonchev–Trinajstić information content (AvgIpc) is 2.65. The molecule has 0 unspecified atom stereocenters. The lowest BCUT2D eigenvalue weighted by Crippen LogP contribution is -2.54. The van der Waals surface area contributed by atoms with Crippen molar-refractivity contribution in [1.29, 1.82) is 0 Å². The lowest BCUT2D eigenvalue weighted by Gasteiger charge is -2.27. The summed E-state index contributed by atoms with van der Waals surface area (Å²) < 4.78 is 5.02. The fourth-order valence-electron chi connectivity index (χ4n) is 2.48. The predicted molar refractivity (Wildman–Crippen MR) is 100 cm³/mol. The molecule has 8 nitrogen and oxygen atoms in total. The molecule has 3 rings (SSSR count). The van der Waals surface area contributed by atoms with Gasteiger partial charge in [-0.25, -0.2) is 14.5 Å². The van der Waals surface area contributed by atoms with Crippen molar-refractivity contribution in [2.24, 2.45) is 0 Å². The van der Waals surface area contributed by atoms with Crippen molar-refractivity contribution < 1.29 is 29.0 Å². The quantitative estimate of drug-likeness (QED) is 0.588. The van der Waals surface area contributed by atoms with Gasteiger partial charge in [0.25, 0.3) is 11.8 Å². The number of benzene rings is 2. The summed E-state index contributed by atoms with van der Waals surface area (Å²) in [6, 6.07) is 11.5. The molecule has 0 atom stereocenters. The number of urea groups is 1. The van der Waals surface area contributed by atoms with Crippen molar-refractivity contribution in [3.63, 3.8) is 0 Å². The fourth-order valence-corrected chi connectivity index (χ4v) is 2.70. The van der Waals surface area contributed by atoms with Crippen molar-refractivity contribution >= 4 is 47.2 Å². The molecule has 2 aromatic carbocycles. The van der Waals surface area contributed by atoms with Crippen molar-refractivity contribution in [3.8, 4) is 5.75 Å². The number of carbonyl (C=O) groups is 4. The van der Waals surface area contributed by atoms with E-state index in [9.17, 15) is 19.2 Å². The molecule has 1 fully saturated rings. The molecule has 0 aromatic heterocycles. The first kappa shape index (κ1) is 19.1. The van der Waals surface area contributed by atoms with Crippen LogP contribution in [0.1, 0.15) is 5.56 Å². The van der Waals surface area contributed by atoms with Crippen LogP contribution in [0, 0.1) is 0 Å². The van der Waals surface area contributed by atoms with Crippen LogP contribution in [0.5, 0.6) is 5.75 Å². The van der Waals surface area contributed by atoms with Gasteiger partial charge in [0.1, 0.15) is 11.3 Å². The second-order valence-corrected chi connectivity index (χ2v) is 6.07. The Balaban J connectivity index is 1.89. The van der Waals surface area contributed by atoms with Crippen LogP contribution in [-0.4, -0.2) is 35.5 Å². The first-order valence-electron chi connectivity index (χ1n) is 7.97. The lowest BCUT2D eigenvalue weighted by atomic mass is 10.1. The van der Waals surface area contributed by atoms with Gasteiger partial charge in [-0.1, -0.05) is 35.9 Å². The van der Waals surface area contributed by atoms with Crippen LogP contribution < -0.4 is 15.0 Å². The van der Waals surface area contributed by atoms with Crippen molar-refractivity contribution in [2.45, 2.75) is 0 Å². The molecular formula is C19H13ClN2O6. The second-order valence-electron chi connectivity index (χ2n) is 5.66. The third-order valence-electron chi connectivity index (χ3n) is 3.75. The number of nitrogens with zero attached hydrogens (tertiary/aromatic N) is 1. The normalized spacial score (nSPS) is 15.5. The van der Waals surface area contributed by atoms with Crippen LogP contribution in [0.25, 0.3) is 6.08 Å². The number of rotatable bonds is 5. The van der Waals surface area contributed by atoms with Crippen molar-refractivity contribution in [3.05, 3.63) is 64.7 Å². The van der Waals surface area contributed by atoms with Gasteiger partial charge in [0.2, 0.25) is 0 Å². The predicted octanol–water partition coefficient (Wildman–Crippen LogP) is 2.47. The second kappa shape index (κ2) is 7.93. The first-order valence-corrected chi connectivity index (χ1v) is 8.35. The molecule has 28 heavy (non-hydrogen) atoms.